The van der Waals surface area contributed by atoms with Crippen molar-refractivity contribution >= 4 is 17.4 Å². The Morgan fingerprint density at radius 3 is 2.57 bits per heavy atom. The Hall–Kier alpha value is -2.70. The number of nitrogens with zero attached hydrogens (tertiary/aromatic N) is 1. The van der Waals surface area contributed by atoms with Crippen molar-refractivity contribution in [3.8, 4) is 5.75 Å². The number of hydrogen-bond donors (Lipinski definition) is 2. The van der Waals surface area contributed by atoms with Crippen molar-refractivity contribution in [1.29, 1.82) is 0 Å². The first-order valence-corrected chi connectivity index (χ1v) is 6.09. The second-order valence-corrected chi connectivity index (χ2v) is 4.01. The van der Waals surface area contributed by atoms with Gasteiger partial charge in [0.15, 0.2) is 0 Å². The molecule has 7 heteroatoms. The van der Waals surface area contributed by atoms with Crippen LogP contribution in [0.3, 0.4) is 0 Å². The lowest BCUT2D eigenvalue weighted by Crippen LogP contribution is -2.14. The number of carbonyl (C=O) groups is 1. The highest BCUT2D eigenvalue weighted by atomic mass is 19.3. The van der Waals surface area contributed by atoms with E-state index in [1.54, 1.807) is 25.4 Å². The summed E-state index contributed by atoms with van der Waals surface area (Å²) in [5, 5.41) is 5.47. The molecular formula is C14H13F2N3O2. The summed E-state index contributed by atoms with van der Waals surface area (Å²) in [4.78, 5) is 16.1. The zero-order valence-corrected chi connectivity index (χ0v) is 11.1. The van der Waals surface area contributed by atoms with Gasteiger partial charge >= 0.3 is 6.61 Å². The third-order valence-electron chi connectivity index (χ3n) is 2.63. The van der Waals surface area contributed by atoms with Crippen LogP contribution in [0.5, 0.6) is 5.75 Å². The lowest BCUT2D eigenvalue weighted by atomic mass is 10.2. The van der Waals surface area contributed by atoms with E-state index in [-0.39, 0.29) is 11.7 Å². The molecule has 0 spiro atoms. The minimum atomic E-state index is -2.88. The first kappa shape index (κ1) is 14.7. The maximum Gasteiger partial charge on any atom is 0.387 e. The van der Waals surface area contributed by atoms with E-state index in [1.165, 1.54) is 24.3 Å². The van der Waals surface area contributed by atoms with Crippen molar-refractivity contribution in [2.75, 3.05) is 17.7 Å². The first-order valence-electron chi connectivity index (χ1n) is 6.09. The fourth-order valence-corrected chi connectivity index (χ4v) is 1.71. The van der Waals surface area contributed by atoms with Gasteiger partial charge in [-0.1, -0.05) is 0 Å². The first-order chi connectivity index (χ1) is 10.1. The Morgan fingerprint density at radius 2 is 1.95 bits per heavy atom. The van der Waals surface area contributed by atoms with E-state index in [1.807, 2.05) is 0 Å². The van der Waals surface area contributed by atoms with Crippen molar-refractivity contribution in [3.05, 3.63) is 48.2 Å². The van der Waals surface area contributed by atoms with E-state index in [4.69, 9.17) is 0 Å². The molecule has 21 heavy (non-hydrogen) atoms. The summed E-state index contributed by atoms with van der Waals surface area (Å²) in [5.74, 6) is 0.128. The van der Waals surface area contributed by atoms with Gasteiger partial charge in [-0.25, -0.2) is 4.98 Å². The monoisotopic (exact) mass is 293 g/mol. The van der Waals surface area contributed by atoms with Crippen molar-refractivity contribution < 1.29 is 18.3 Å². The number of anilines is 2. The number of amides is 1. The van der Waals surface area contributed by atoms with Gasteiger partial charge < -0.3 is 15.4 Å². The van der Waals surface area contributed by atoms with Gasteiger partial charge in [0, 0.05) is 18.9 Å². The zero-order valence-electron chi connectivity index (χ0n) is 11.1. The molecule has 0 aliphatic rings. The Balaban J connectivity index is 2.09. The minimum absolute atomic E-state index is 0.0280. The molecule has 0 fully saturated rings. The molecule has 0 atom stereocenters. The molecule has 110 valence electrons. The van der Waals surface area contributed by atoms with Gasteiger partial charge in [-0.2, -0.15) is 8.78 Å². The van der Waals surface area contributed by atoms with Gasteiger partial charge in [-0.15, -0.1) is 0 Å². The summed E-state index contributed by atoms with van der Waals surface area (Å²) >= 11 is 0. The smallest absolute Gasteiger partial charge is 0.387 e. The SMILES string of the molecule is CNc1ncccc1C(=O)Nc1ccc(OC(F)F)cc1. The Kier molecular flexibility index (Phi) is 4.65. The summed E-state index contributed by atoms with van der Waals surface area (Å²) in [6.45, 7) is -2.88. The van der Waals surface area contributed by atoms with Gasteiger partial charge in [-0.3, -0.25) is 4.79 Å². The van der Waals surface area contributed by atoms with Crippen LogP contribution >= 0.6 is 0 Å². The van der Waals surface area contributed by atoms with Crippen molar-refractivity contribution in [2.45, 2.75) is 6.61 Å². The summed E-state index contributed by atoms with van der Waals surface area (Å²) < 4.78 is 28.3. The maximum absolute atomic E-state index is 12.1. The maximum atomic E-state index is 12.1. The Morgan fingerprint density at radius 1 is 1.24 bits per heavy atom. The number of pyridine rings is 1. The lowest BCUT2D eigenvalue weighted by molar-refractivity contribution is -0.0498. The van der Waals surface area contributed by atoms with Crippen LogP contribution < -0.4 is 15.4 Å². The number of halogens is 2. The van der Waals surface area contributed by atoms with Gasteiger partial charge in [0.25, 0.3) is 5.91 Å². The average molecular weight is 293 g/mol. The summed E-state index contributed by atoms with van der Waals surface area (Å²) in [6, 6.07) is 8.93. The molecule has 1 aromatic heterocycles. The third-order valence-corrected chi connectivity index (χ3v) is 2.63. The van der Waals surface area contributed by atoms with Gasteiger partial charge in [0.05, 0.1) is 5.56 Å². The zero-order chi connectivity index (χ0) is 15.2. The van der Waals surface area contributed by atoms with E-state index >= 15 is 0 Å². The number of benzene rings is 1. The largest absolute Gasteiger partial charge is 0.435 e. The molecule has 0 saturated carbocycles. The van der Waals surface area contributed by atoms with Crippen LogP contribution in [0.15, 0.2) is 42.6 Å². The molecule has 0 radical (unpaired) electrons. The number of carbonyl (C=O) groups excluding carboxylic acids is 1. The van der Waals surface area contributed by atoms with E-state index in [0.717, 1.165) is 0 Å². The molecule has 2 N–H and O–H groups in total. The molecule has 1 heterocycles. The van der Waals surface area contributed by atoms with E-state index in [2.05, 4.69) is 20.4 Å². The second-order valence-electron chi connectivity index (χ2n) is 4.01. The highest BCUT2D eigenvalue weighted by Gasteiger charge is 2.11. The summed E-state index contributed by atoms with van der Waals surface area (Å²) in [7, 11) is 1.66. The molecule has 0 saturated heterocycles. The minimum Gasteiger partial charge on any atom is -0.435 e. The van der Waals surface area contributed by atoms with Gasteiger partial charge in [0.1, 0.15) is 11.6 Å². The number of ether oxygens (including phenoxy) is 1. The van der Waals surface area contributed by atoms with Crippen molar-refractivity contribution in [2.24, 2.45) is 0 Å². The molecule has 2 rings (SSSR count). The number of hydrogen-bond acceptors (Lipinski definition) is 4. The molecule has 5 nitrogen and oxygen atoms in total. The Bertz CT molecular complexity index is 618. The number of nitrogens with one attached hydrogen (secondary N) is 2. The molecule has 0 aliphatic heterocycles. The standard InChI is InChI=1S/C14H13F2N3O2/c1-17-12-11(3-2-8-18-12)13(20)19-9-4-6-10(7-5-9)21-14(15)16/h2-8,14H,1H3,(H,17,18)(H,19,20). The average Bonchev–Trinajstić information content (AvgIpc) is 2.48. The molecule has 1 amide bonds. The summed E-state index contributed by atoms with van der Waals surface area (Å²) in [6.07, 6.45) is 1.57. The van der Waals surface area contributed by atoms with Crippen LogP contribution in [-0.4, -0.2) is 24.6 Å². The highest BCUT2D eigenvalue weighted by molar-refractivity contribution is 6.07. The van der Waals surface area contributed by atoms with E-state index in [9.17, 15) is 13.6 Å². The van der Waals surface area contributed by atoms with E-state index < -0.39 is 6.61 Å². The van der Waals surface area contributed by atoms with Crippen molar-refractivity contribution in [3.63, 3.8) is 0 Å². The van der Waals surface area contributed by atoms with Crippen LogP contribution in [0.2, 0.25) is 0 Å². The third kappa shape index (κ3) is 3.88. The summed E-state index contributed by atoms with van der Waals surface area (Å²) in [5.41, 5.74) is 0.848. The topological polar surface area (TPSA) is 63.2 Å². The second kappa shape index (κ2) is 6.65. The predicted molar refractivity (Wildman–Crippen MR) is 74.8 cm³/mol. The normalized spacial score (nSPS) is 10.3. The predicted octanol–water partition coefficient (Wildman–Crippen LogP) is 2.98. The van der Waals surface area contributed by atoms with E-state index in [0.29, 0.717) is 17.1 Å². The van der Waals surface area contributed by atoms with Crippen LogP contribution in [0.1, 0.15) is 10.4 Å². The number of rotatable bonds is 5. The highest BCUT2D eigenvalue weighted by Crippen LogP contribution is 2.19. The van der Waals surface area contributed by atoms with Crippen molar-refractivity contribution in [1.82, 2.24) is 4.98 Å². The van der Waals surface area contributed by atoms with Gasteiger partial charge in [0.2, 0.25) is 0 Å². The van der Waals surface area contributed by atoms with Crippen LogP contribution in [0.25, 0.3) is 0 Å². The fourth-order valence-electron chi connectivity index (χ4n) is 1.71. The quantitative estimate of drug-likeness (QED) is 0.889. The van der Waals surface area contributed by atoms with Crippen LogP contribution in [0, 0.1) is 0 Å². The molecule has 0 unspecified atom stereocenters. The fraction of sp³-hybridized carbons (Fsp3) is 0.143. The van der Waals surface area contributed by atoms with Crippen LogP contribution in [-0.2, 0) is 0 Å². The number of alkyl halides is 2. The lowest BCUT2D eigenvalue weighted by Gasteiger charge is -2.09. The molecule has 0 bridgehead atoms. The molecule has 1 aromatic carbocycles. The Labute approximate surface area is 120 Å². The molecular weight excluding hydrogens is 280 g/mol. The number of aromatic nitrogens is 1. The van der Waals surface area contributed by atoms with Crippen LogP contribution in [0.4, 0.5) is 20.3 Å². The molecule has 0 aliphatic carbocycles. The molecule has 2 aromatic rings. The van der Waals surface area contributed by atoms with Gasteiger partial charge in [-0.05, 0) is 36.4 Å².